The highest BCUT2D eigenvalue weighted by molar-refractivity contribution is 5.81. The van der Waals surface area contributed by atoms with Crippen LogP contribution in [-0.2, 0) is 13.0 Å². The molecule has 6 nitrogen and oxygen atoms in total. The number of methoxy groups -OCH3 is 1. The van der Waals surface area contributed by atoms with Crippen LogP contribution in [0.25, 0.3) is 0 Å². The molecular weight excluding hydrogens is 248 g/mol. The van der Waals surface area contributed by atoms with E-state index in [1.165, 1.54) is 7.11 Å². The molecule has 6 heteroatoms. The highest BCUT2D eigenvalue weighted by Crippen LogP contribution is 2.30. The molecule has 2 rings (SSSR count). The minimum absolute atomic E-state index is 0.116. The summed E-state index contributed by atoms with van der Waals surface area (Å²) in [7, 11) is 1.51. The average molecular weight is 262 g/mol. The zero-order valence-electron chi connectivity index (χ0n) is 10.8. The van der Waals surface area contributed by atoms with Gasteiger partial charge in [0.25, 0.3) is 0 Å². The summed E-state index contributed by atoms with van der Waals surface area (Å²) < 4.78 is 15.7. The van der Waals surface area contributed by atoms with Crippen LogP contribution in [0.1, 0.15) is 29.0 Å². The molecule has 1 aromatic heterocycles. The maximum absolute atomic E-state index is 11.0. The van der Waals surface area contributed by atoms with Crippen molar-refractivity contribution in [1.82, 2.24) is 10.1 Å². The first kappa shape index (κ1) is 13.1. The first-order chi connectivity index (χ1) is 9.28. The summed E-state index contributed by atoms with van der Waals surface area (Å²) in [5.41, 5.74) is 0.415. The van der Waals surface area contributed by atoms with Gasteiger partial charge in [0.2, 0.25) is 11.7 Å². The molecule has 0 bridgehead atoms. The number of hydrogen-bond acceptors (Lipinski definition) is 6. The van der Waals surface area contributed by atoms with Crippen molar-refractivity contribution in [3.63, 3.8) is 0 Å². The molecule has 0 amide bonds. The quantitative estimate of drug-likeness (QED) is 0.741. The third-order valence-corrected chi connectivity index (χ3v) is 2.51. The van der Waals surface area contributed by atoms with Crippen molar-refractivity contribution in [1.29, 1.82) is 0 Å². The van der Waals surface area contributed by atoms with E-state index in [1.54, 1.807) is 18.2 Å². The SMILES string of the molecule is CCc1nc(COc2c(C=O)cccc2OC)no1. The van der Waals surface area contributed by atoms with Gasteiger partial charge in [-0.05, 0) is 12.1 Å². The van der Waals surface area contributed by atoms with E-state index in [1.807, 2.05) is 6.92 Å². The van der Waals surface area contributed by atoms with Gasteiger partial charge in [0, 0.05) is 6.42 Å². The van der Waals surface area contributed by atoms with E-state index in [2.05, 4.69) is 10.1 Å². The molecule has 0 saturated heterocycles. The fourth-order valence-electron chi connectivity index (χ4n) is 1.57. The van der Waals surface area contributed by atoms with E-state index < -0.39 is 0 Å². The number of hydrogen-bond donors (Lipinski definition) is 0. The molecule has 0 unspecified atom stereocenters. The third-order valence-electron chi connectivity index (χ3n) is 2.51. The molecule has 0 spiro atoms. The number of carbonyl (C=O) groups excluding carboxylic acids is 1. The summed E-state index contributed by atoms with van der Waals surface area (Å²) >= 11 is 0. The fourth-order valence-corrected chi connectivity index (χ4v) is 1.57. The largest absolute Gasteiger partial charge is 0.493 e. The second-order valence-corrected chi connectivity index (χ2v) is 3.74. The number of aromatic nitrogens is 2. The van der Waals surface area contributed by atoms with Crippen molar-refractivity contribution in [3.8, 4) is 11.5 Å². The van der Waals surface area contributed by atoms with Crippen LogP contribution < -0.4 is 9.47 Å². The van der Waals surface area contributed by atoms with Crippen molar-refractivity contribution in [3.05, 3.63) is 35.5 Å². The minimum Gasteiger partial charge on any atom is -0.493 e. The van der Waals surface area contributed by atoms with Crippen LogP contribution in [0.4, 0.5) is 0 Å². The molecular formula is C13H14N2O4. The van der Waals surface area contributed by atoms with Crippen LogP contribution in [0.15, 0.2) is 22.7 Å². The molecule has 0 radical (unpaired) electrons. The van der Waals surface area contributed by atoms with Crippen LogP contribution >= 0.6 is 0 Å². The number of rotatable bonds is 6. The molecule has 19 heavy (non-hydrogen) atoms. The van der Waals surface area contributed by atoms with E-state index in [-0.39, 0.29) is 6.61 Å². The Balaban J connectivity index is 2.16. The molecule has 100 valence electrons. The second-order valence-electron chi connectivity index (χ2n) is 3.74. The molecule has 0 aliphatic rings. The zero-order valence-corrected chi connectivity index (χ0v) is 10.8. The Kier molecular flexibility index (Phi) is 4.12. The molecule has 0 N–H and O–H groups in total. The predicted octanol–water partition coefficient (Wildman–Crippen LogP) is 2.03. The van der Waals surface area contributed by atoms with Gasteiger partial charge in [-0.3, -0.25) is 4.79 Å². The zero-order chi connectivity index (χ0) is 13.7. The Labute approximate surface area is 110 Å². The molecule has 1 heterocycles. The van der Waals surface area contributed by atoms with Gasteiger partial charge in [-0.25, -0.2) is 0 Å². The molecule has 1 aromatic carbocycles. The standard InChI is InChI=1S/C13H14N2O4/c1-3-12-14-11(15-19-12)8-18-13-9(7-16)5-4-6-10(13)17-2/h4-7H,3,8H2,1-2H3. The summed E-state index contributed by atoms with van der Waals surface area (Å²) in [6.07, 6.45) is 1.38. The summed E-state index contributed by atoms with van der Waals surface area (Å²) in [5, 5.41) is 3.77. The van der Waals surface area contributed by atoms with Crippen molar-refractivity contribution in [2.45, 2.75) is 20.0 Å². The van der Waals surface area contributed by atoms with Crippen LogP contribution in [0.3, 0.4) is 0 Å². The number of para-hydroxylation sites is 1. The molecule has 2 aromatic rings. The summed E-state index contributed by atoms with van der Waals surface area (Å²) in [6, 6.07) is 5.09. The van der Waals surface area contributed by atoms with Crippen LogP contribution in [0.2, 0.25) is 0 Å². The van der Waals surface area contributed by atoms with Gasteiger partial charge in [-0.2, -0.15) is 4.98 Å². The highest BCUT2D eigenvalue weighted by Gasteiger charge is 2.12. The second kappa shape index (κ2) is 5.99. The van der Waals surface area contributed by atoms with Gasteiger partial charge in [0.05, 0.1) is 12.7 Å². The summed E-state index contributed by atoms with van der Waals surface area (Å²) in [6.45, 7) is 2.04. The van der Waals surface area contributed by atoms with Crippen LogP contribution in [0, 0.1) is 0 Å². The molecule has 0 saturated carbocycles. The Morgan fingerprint density at radius 2 is 2.26 bits per heavy atom. The number of aryl methyl sites for hydroxylation is 1. The number of ether oxygens (including phenoxy) is 2. The first-order valence-corrected chi connectivity index (χ1v) is 5.85. The van der Waals surface area contributed by atoms with Gasteiger partial charge < -0.3 is 14.0 Å². The third kappa shape index (κ3) is 2.90. The van der Waals surface area contributed by atoms with Crippen molar-refractivity contribution in [2.24, 2.45) is 0 Å². The fraction of sp³-hybridized carbons (Fsp3) is 0.308. The lowest BCUT2D eigenvalue weighted by molar-refractivity contribution is 0.111. The maximum atomic E-state index is 11.0. The van der Waals surface area contributed by atoms with Crippen LogP contribution in [0.5, 0.6) is 11.5 Å². The maximum Gasteiger partial charge on any atom is 0.226 e. The Bertz CT molecular complexity index is 566. The van der Waals surface area contributed by atoms with Gasteiger partial charge in [-0.15, -0.1) is 0 Å². The number of carbonyl (C=O) groups is 1. The van der Waals surface area contributed by atoms with E-state index in [0.29, 0.717) is 41.5 Å². The van der Waals surface area contributed by atoms with E-state index in [0.717, 1.165) is 0 Å². The molecule has 0 aliphatic heterocycles. The van der Waals surface area contributed by atoms with E-state index >= 15 is 0 Å². The Hall–Kier alpha value is -2.37. The minimum atomic E-state index is 0.116. The highest BCUT2D eigenvalue weighted by atomic mass is 16.5. The van der Waals surface area contributed by atoms with Gasteiger partial charge in [-0.1, -0.05) is 18.1 Å². The van der Waals surface area contributed by atoms with Gasteiger partial charge in [0.1, 0.15) is 0 Å². The van der Waals surface area contributed by atoms with Crippen molar-refractivity contribution in [2.75, 3.05) is 7.11 Å². The Morgan fingerprint density at radius 3 is 2.89 bits per heavy atom. The van der Waals surface area contributed by atoms with Gasteiger partial charge in [0.15, 0.2) is 24.4 Å². The summed E-state index contributed by atoms with van der Waals surface area (Å²) in [4.78, 5) is 15.1. The van der Waals surface area contributed by atoms with Crippen molar-refractivity contribution >= 4 is 6.29 Å². The molecule has 0 fully saturated rings. The van der Waals surface area contributed by atoms with Gasteiger partial charge >= 0.3 is 0 Å². The lowest BCUT2D eigenvalue weighted by Crippen LogP contribution is -2.02. The normalized spacial score (nSPS) is 10.2. The lowest BCUT2D eigenvalue weighted by atomic mass is 10.2. The predicted molar refractivity (Wildman–Crippen MR) is 66.4 cm³/mol. The number of benzene rings is 1. The van der Waals surface area contributed by atoms with Crippen LogP contribution in [-0.4, -0.2) is 23.5 Å². The molecule has 0 atom stereocenters. The molecule has 0 aliphatic carbocycles. The topological polar surface area (TPSA) is 74.5 Å². The van der Waals surface area contributed by atoms with Crippen molar-refractivity contribution < 1.29 is 18.8 Å². The van der Waals surface area contributed by atoms with E-state index in [4.69, 9.17) is 14.0 Å². The monoisotopic (exact) mass is 262 g/mol. The van der Waals surface area contributed by atoms with E-state index in [9.17, 15) is 4.79 Å². The Morgan fingerprint density at radius 1 is 1.42 bits per heavy atom. The number of nitrogens with zero attached hydrogens (tertiary/aromatic N) is 2. The number of aldehydes is 1. The smallest absolute Gasteiger partial charge is 0.226 e. The summed E-state index contributed by atoms with van der Waals surface area (Å²) in [5.74, 6) is 1.85. The lowest BCUT2D eigenvalue weighted by Gasteiger charge is -2.10. The average Bonchev–Trinajstić information content (AvgIpc) is 2.92. The first-order valence-electron chi connectivity index (χ1n) is 5.85.